The molecule has 29 heavy (non-hydrogen) atoms. The first-order chi connectivity index (χ1) is 14.1. The van der Waals surface area contributed by atoms with Crippen LogP contribution in [-0.4, -0.2) is 25.1 Å². The Morgan fingerprint density at radius 1 is 0.793 bits per heavy atom. The van der Waals surface area contributed by atoms with Gasteiger partial charge in [0.1, 0.15) is 5.82 Å². The molecular formula is C20H10Cl3N5O. The first kappa shape index (κ1) is 18.1. The van der Waals surface area contributed by atoms with E-state index in [1.807, 2.05) is 30.3 Å². The lowest BCUT2D eigenvalue weighted by molar-refractivity contribution is 0.584. The minimum Gasteiger partial charge on any atom is -0.416 e. The van der Waals surface area contributed by atoms with Gasteiger partial charge in [-0.15, -0.1) is 10.2 Å². The quantitative estimate of drug-likeness (QED) is 0.354. The SMILES string of the molecule is Clc1ccc(-c2nnc(-c3ccc4nc(-c5c(Cl)cncc5Cl)[nH]c4c3)o2)cc1. The molecule has 0 atom stereocenters. The predicted molar refractivity (Wildman–Crippen MR) is 113 cm³/mol. The maximum Gasteiger partial charge on any atom is 0.248 e. The van der Waals surface area contributed by atoms with Crippen LogP contribution in [0.3, 0.4) is 0 Å². The number of hydrogen-bond acceptors (Lipinski definition) is 5. The largest absolute Gasteiger partial charge is 0.416 e. The van der Waals surface area contributed by atoms with E-state index in [1.165, 1.54) is 12.4 Å². The number of aromatic amines is 1. The van der Waals surface area contributed by atoms with Gasteiger partial charge in [0.2, 0.25) is 11.8 Å². The molecular weight excluding hydrogens is 433 g/mol. The Kier molecular flexibility index (Phi) is 4.47. The summed E-state index contributed by atoms with van der Waals surface area (Å²) in [4.78, 5) is 11.8. The zero-order chi connectivity index (χ0) is 20.0. The Labute approximate surface area is 179 Å². The monoisotopic (exact) mass is 441 g/mol. The highest BCUT2D eigenvalue weighted by Crippen LogP contribution is 2.34. The minimum atomic E-state index is 0.396. The molecule has 0 fully saturated rings. The molecule has 0 saturated heterocycles. The van der Waals surface area contributed by atoms with Crippen LogP contribution >= 0.6 is 34.8 Å². The molecule has 3 aromatic heterocycles. The summed E-state index contributed by atoms with van der Waals surface area (Å²) in [6, 6.07) is 12.8. The maximum atomic E-state index is 6.24. The fourth-order valence-corrected chi connectivity index (χ4v) is 3.62. The summed E-state index contributed by atoms with van der Waals surface area (Å²) in [5.41, 5.74) is 3.69. The number of hydrogen-bond donors (Lipinski definition) is 1. The van der Waals surface area contributed by atoms with Crippen molar-refractivity contribution in [3.05, 3.63) is 69.9 Å². The number of pyridine rings is 1. The molecule has 2 aromatic carbocycles. The Hall–Kier alpha value is -2.93. The molecule has 0 aliphatic heterocycles. The number of aromatic nitrogens is 5. The van der Waals surface area contributed by atoms with Gasteiger partial charge in [0.15, 0.2) is 0 Å². The lowest BCUT2D eigenvalue weighted by Gasteiger charge is -2.01. The molecule has 0 amide bonds. The molecule has 142 valence electrons. The Bertz CT molecular complexity index is 1320. The van der Waals surface area contributed by atoms with Gasteiger partial charge in [-0.25, -0.2) is 4.98 Å². The summed E-state index contributed by atoms with van der Waals surface area (Å²) in [6.07, 6.45) is 3.05. The second-order valence-electron chi connectivity index (χ2n) is 6.21. The van der Waals surface area contributed by atoms with Crippen LogP contribution < -0.4 is 0 Å². The third kappa shape index (κ3) is 3.35. The summed E-state index contributed by atoms with van der Waals surface area (Å²) in [5, 5.41) is 9.75. The van der Waals surface area contributed by atoms with Crippen molar-refractivity contribution in [3.8, 4) is 34.3 Å². The highest BCUT2D eigenvalue weighted by atomic mass is 35.5. The molecule has 0 spiro atoms. The molecule has 0 bridgehead atoms. The summed E-state index contributed by atoms with van der Waals surface area (Å²) >= 11 is 18.4. The molecule has 9 heteroatoms. The first-order valence-corrected chi connectivity index (χ1v) is 9.61. The van der Waals surface area contributed by atoms with Gasteiger partial charge in [0.05, 0.1) is 26.6 Å². The third-order valence-corrected chi connectivity index (χ3v) is 5.16. The van der Waals surface area contributed by atoms with E-state index in [2.05, 4.69) is 25.1 Å². The van der Waals surface area contributed by atoms with Gasteiger partial charge >= 0.3 is 0 Å². The van der Waals surface area contributed by atoms with Gasteiger partial charge < -0.3 is 9.40 Å². The average molecular weight is 443 g/mol. The minimum absolute atomic E-state index is 0.396. The standard InChI is InChI=1S/C20H10Cl3N5O/c21-12-4-1-10(2-5-12)19-27-28-20(29-19)11-3-6-15-16(7-11)26-18(25-15)17-13(22)8-24-9-14(17)23/h1-9H,(H,25,26). The number of H-pyrrole nitrogens is 1. The van der Waals surface area contributed by atoms with Crippen LogP contribution in [0.2, 0.25) is 15.1 Å². The Morgan fingerprint density at radius 2 is 1.45 bits per heavy atom. The van der Waals surface area contributed by atoms with Crippen LogP contribution in [0, 0.1) is 0 Å². The van der Waals surface area contributed by atoms with E-state index < -0.39 is 0 Å². The lowest BCUT2D eigenvalue weighted by Crippen LogP contribution is -1.85. The van der Waals surface area contributed by atoms with Crippen molar-refractivity contribution >= 4 is 45.8 Å². The highest BCUT2D eigenvalue weighted by Gasteiger charge is 2.15. The molecule has 6 nitrogen and oxygen atoms in total. The molecule has 5 aromatic rings. The van der Waals surface area contributed by atoms with Gasteiger partial charge in [-0.2, -0.15) is 0 Å². The van der Waals surface area contributed by atoms with Gasteiger partial charge in [-0.3, -0.25) is 4.98 Å². The van der Waals surface area contributed by atoms with Crippen LogP contribution in [-0.2, 0) is 0 Å². The van der Waals surface area contributed by atoms with Crippen molar-refractivity contribution in [2.24, 2.45) is 0 Å². The molecule has 0 saturated carbocycles. The van der Waals surface area contributed by atoms with E-state index in [-0.39, 0.29) is 0 Å². The van der Waals surface area contributed by atoms with Crippen LogP contribution in [0.25, 0.3) is 45.3 Å². The molecule has 3 heterocycles. The summed E-state index contributed by atoms with van der Waals surface area (Å²) in [7, 11) is 0. The number of halogens is 3. The van der Waals surface area contributed by atoms with Crippen molar-refractivity contribution < 1.29 is 4.42 Å². The average Bonchev–Trinajstić information content (AvgIpc) is 3.35. The molecule has 5 rings (SSSR count). The summed E-state index contributed by atoms with van der Waals surface area (Å²) in [5.74, 6) is 1.37. The molecule has 0 aliphatic carbocycles. The molecule has 0 radical (unpaired) electrons. The number of imidazole rings is 1. The second-order valence-corrected chi connectivity index (χ2v) is 7.47. The van der Waals surface area contributed by atoms with E-state index in [0.717, 1.165) is 22.2 Å². The van der Waals surface area contributed by atoms with E-state index >= 15 is 0 Å². The van der Waals surface area contributed by atoms with E-state index in [1.54, 1.807) is 12.1 Å². The van der Waals surface area contributed by atoms with Crippen molar-refractivity contribution in [2.75, 3.05) is 0 Å². The van der Waals surface area contributed by atoms with E-state index in [4.69, 9.17) is 39.2 Å². The second kappa shape index (κ2) is 7.15. The van der Waals surface area contributed by atoms with Gasteiger partial charge in [0.25, 0.3) is 0 Å². The van der Waals surface area contributed by atoms with Crippen LogP contribution in [0.15, 0.2) is 59.3 Å². The zero-order valence-corrected chi connectivity index (χ0v) is 16.8. The van der Waals surface area contributed by atoms with Crippen molar-refractivity contribution in [3.63, 3.8) is 0 Å². The van der Waals surface area contributed by atoms with Crippen molar-refractivity contribution in [2.45, 2.75) is 0 Å². The summed E-state index contributed by atoms with van der Waals surface area (Å²) < 4.78 is 5.82. The van der Waals surface area contributed by atoms with Crippen LogP contribution in [0.4, 0.5) is 0 Å². The van der Waals surface area contributed by atoms with E-state index in [0.29, 0.717) is 38.2 Å². The fourth-order valence-electron chi connectivity index (χ4n) is 2.95. The van der Waals surface area contributed by atoms with Gasteiger partial charge in [-0.05, 0) is 42.5 Å². The van der Waals surface area contributed by atoms with Gasteiger partial charge in [-0.1, -0.05) is 34.8 Å². The van der Waals surface area contributed by atoms with Crippen LogP contribution in [0.1, 0.15) is 0 Å². The number of fused-ring (bicyclic) bond motifs is 1. The number of benzene rings is 2. The topological polar surface area (TPSA) is 80.5 Å². The third-order valence-electron chi connectivity index (χ3n) is 4.34. The fraction of sp³-hybridized carbons (Fsp3) is 0. The number of rotatable bonds is 3. The molecule has 1 N–H and O–H groups in total. The van der Waals surface area contributed by atoms with Gasteiger partial charge in [0, 0.05) is 28.5 Å². The molecule has 0 unspecified atom stereocenters. The summed E-state index contributed by atoms with van der Waals surface area (Å²) in [6.45, 7) is 0. The number of nitrogens with zero attached hydrogens (tertiary/aromatic N) is 4. The van der Waals surface area contributed by atoms with Crippen molar-refractivity contribution in [1.29, 1.82) is 0 Å². The normalized spacial score (nSPS) is 11.3. The molecule has 0 aliphatic rings. The highest BCUT2D eigenvalue weighted by molar-refractivity contribution is 6.38. The van der Waals surface area contributed by atoms with Crippen LogP contribution in [0.5, 0.6) is 0 Å². The first-order valence-electron chi connectivity index (χ1n) is 8.47. The van der Waals surface area contributed by atoms with Crippen molar-refractivity contribution in [1.82, 2.24) is 25.1 Å². The van der Waals surface area contributed by atoms with E-state index in [9.17, 15) is 0 Å². The smallest absolute Gasteiger partial charge is 0.248 e. The zero-order valence-electron chi connectivity index (χ0n) is 14.5. The Morgan fingerprint density at radius 3 is 2.17 bits per heavy atom. The Balaban J connectivity index is 1.53. The maximum absolute atomic E-state index is 6.24. The predicted octanol–water partition coefficient (Wildman–Crippen LogP) is 6.30. The number of nitrogens with one attached hydrogen (secondary N) is 1. The lowest BCUT2D eigenvalue weighted by atomic mass is 10.2.